The third-order valence-electron chi connectivity index (χ3n) is 0.522. The molecule has 1 fully saturated rings. The second-order valence-electron chi connectivity index (χ2n) is 1.01. The zero-order valence-corrected chi connectivity index (χ0v) is 4.43. The van der Waals surface area contributed by atoms with Crippen LogP contribution in [-0.2, 0) is 0 Å². The van der Waals surface area contributed by atoms with Crippen molar-refractivity contribution in [3.8, 4) is 0 Å². The fourth-order valence-electron chi connectivity index (χ4n) is 0.122. The fourth-order valence-corrected chi connectivity index (χ4v) is 0.857. The van der Waals surface area contributed by atoms with Gasteiger partial charge in [0, 0.05) is 13.1 Å². The van der Waals surface area contributed by atoms with Crippen molar-refractivity contribution < 1.29 is 0 Å². The van der Waals surface area contributed by atoms with Gasteiger partial charge >= 0.3 is 0 Å². The van der Waals surface area contributed by atoms with Gasteiger partial charge in [0.05, 0.1) is 0 Å². The molecule has 3 heteroatoms. The first kappa shape index (κ1) is 3.84. The summed E-state index contributed by atoms with van der Waals surface area (Å²) in [6.45, 7) is 2.46. The molecule has 1 heterocycles. The lowest BCUT2D eigenvalue weighted by atomic mass is 11.0. The van der Waals surface area contributed by atoms with Gasteiger partial charge < -0.3 is 0 Å². The monoisotopic (exact) mass is 107 g/mol. The minimum Gasteiger partial charge on any atom is -0.239 e. The average molecular weight is 107 g/mol. The van der Waals surface area contributed by atoms with Crippen molar-refractivity contribution in [2.24, 2.45) is 0 Å². The van der Waals surface area contributed by atoms with E-state index in [1.165, 1.54) is 24.1 Å². The molecular formula is C2H5NS2. The molecule has 0 spiro atoms. The number of hydrogen-bond donors (Lipinski definition) is 1. The number of hydrogen-bond acceptors (Lipinski definition) is 3. The Morgan fingerprint density at radius 1 is 1.60 bits per heavy atom. The van der Waals surface area contributed by atoms with Crippen LogP contribution in [0.1, 0.15) is 0 Å². The molecule has 1 nitrogen and oxygen atoms in total. The summed E-state index contributed by atoms with van der Waals surface area (Å²) in [7, 11) is 1.52. The van der Waals surface area contributed by atoms with Crippen molar-refractivity contribution in [2.45, 2.75) is 0 Å². The van der Waals surface area contributed by atoms with Gasteiger partial charge in [0.1, 0.15) is 0 Å². The first-order valence-electron chi connectivity index (χ1n) is 1.50. The fraction of sp³-hybridized carbons (Fsp3) is 1.00. The Hall–Kier alpha value is 0.660. The highest BCUT2D eigenvalue weighted by molar-refractivity contribution is 8.67. The summed E-state index contributed by atoms with van der Waals surface area (Å²) >= 11 is 3.92. The Morgan fingerprint density at radius 3 is 2.20 bits per heavy atom. The molecule has 0 aromatic rings. The van der Waals surface area contributed by atoms with Gasteiger partial charge in [-0.1, -0.05) is 11.7 Å². The van der Waals surface area contributed by atoms with Crippen LogP contribution >= 0.6 is 22.6 Å². The lowest BCUT2D eigenvalue weighted by Gasteiger charge is -1.79. The summed E-state index contributed by atoms with van der Waals surface area (Å²) in [5.41, 5.74) is 0. The molecular weight excluding hydrogens is 102 g/mol. The van der Waals surface area contributed by atoms with E-state index in [-0.39, 0.29) is 0 Å². The highest BCUT2D eigenvalue weighted by Crippen LogP contribution is 2.20. The Balaban J connectivity index is 2.00. The van der Waals surface area contributed by atoms with Crippen LogP contribution in [0.5, 0.6) is 0 Å². The van der Waals surface area contributed by atoms with Crippen LogP contribution in [0.25, 0.3) is 0 Å². The van der Waals surface area contributed by atoms with E-state index in [1.54, 1.807) is 0 Å². The van der Waals surface area contributed by atoms with Crippen molar-refractivity contribution >= 4 is 22.6 Å². The molecule has 1 aliphatic rings. The molecule has 0 atom stereocenters. The zero-order valence-electron chi connectivity index (χ0n) is 2.72. The van der Waals surface area contributed by atoms with Gasteiger partial charge in [0.15, 0.2) is 0 Å². The van der Waals surface area contributed by atoms with Crippen LogP contribution in [0.15, 0.2) is 0 Å². The van der Waals surface area contributed by atoms with Crippen molar-refractivity contribution in [1.82, 2.24) is 4.31 Å². The summed E-state index contributed by atoms with van der Waals surface area (Å²) in [5, 5.41) is 0. The first-order valence-corrected chi connectivity index (χ1v) is 3.32. The van der Waals surface area contributed by atoms with Gasteiger partial charge in [-0.25, -0.2) is 4.31 Å². The van der Waals surface area contributed by atoms with Crippen LogP contribution in [-0.4, -0.2) is 17.4 Å². The average Bonchev–Trinajstić information content (AvgIpc) is 2.12. The molecule has 0 unspecified atom stereocenters. The summed E-state index contributed by atoms with van der Waals surface area (Å²) in [6, 6.07) is 0. The van der Waals surface area contributed by atoms with Gasteiger partial charge in [0.2, 0.25) is 0 Å². The summed E-state index contributed by atoms with van der Waals surface area (Å²) in [5.74, 6) is 0. The Bertz CT molecular complexity index is 34.6. The maximum absolute atomic E-state index is 3.92. The van der Waals surface area contributed by atoms with E-state index in [1.807, 2.05) is 0 Å². The maximum Gasteiger partial charge on any atom is 0.0235 e. The second-order valence-corrected chi connectivity index (χ2v) is 2.18. The smallest absolute Gasteiger partial charge is 0.0235 e. The molecule has 1 rings (SSSR count). The maximum atomic E-state index is 3.92. The normalized spacial score (nSPS) is 23.4. The Kier molecular flexibility index (Phi) is 1.08. The molecule has 1 aliphatic heterocycles. The van der Waals surface area contributed by atoms with E-state index in [4.69, 9.17) is 0 Å². The topological polar surface area (TPSA) is 3.01 Å². The second kappa shape index (κ2) is 1.41. The van der Waals surface area contributed by atoms with Gasteiger partial charge in [-0.05, 0) is 11.0 Å². The van der Waals surface area contributed by atoms with Gasteiger partial charge in [-0.3, -0.25) is 0 Å². The van der Waals surface area contributed by atoms with E-state index in [9.17, 15) is 0 Å². The van der Waals surface area contributed by atoms with Crippen molar-refractivity contribution in [3.05, 3.63) is 0 Å². The number of thiol groups is 1. The van der Waals surface area contributed by atoms with Crippen molar-refractivity contribution in [1.29, 1.82) is 0 Å². The molecule has 30 valence electrons. The molecule has 0 aromatic carbocycles. The molecule has 0 aliphatic carbocycles. The number of rotatable bonds is 1. The van der Waals surface area contributed by atoms with E-state index >= 15 is 0 Å². The van der Waals surface area contributed by atoms with Crippen LogP contribution in [0, 0.1) is 0 Å². The van der Waals surface area contributed by atoms with E-state index in [0.29, 0.717) is 0 Å². The molecule has 0 saturated carbocycles. The first-order chi connectivity index (χ1) is 2.43. The largest absolute Gasteiger partial charge is 0.239 e. The third-order valence-corrected chi connectivity index (χ3v) is 1.81. The summed E-state index contributed by atoms with van der Waals surface area (Å²) in [4.78, 5) is 0. The standard InChI is InChI=1S/C2H5NS2/c4-5-3-1-2-3/h4H,1-2H2. The minimum absolute atomic E-state index is 1.23. The SMILES string of the molecule is SSN1CC1. The number of nitrogens with zero attached hydrogens (tertiary/aromatic N) is 1. The zero-order chi connectivity index (χ0) is 3.70. The molecule has 1 saturated heterocycles. The van der Waals surface area contributed by atoms with Crippen LogP contribution in [0.4, 0.5) is 0 Å². The highest BCUT2D eigenvalue weighted by atomic mass is 33.1. The van der Waals surface area contributed by atoms with Gasteiger partial charge in [0.25, 0.3) is 0 Å². The van der Waals surface area contributed by atoms with E-state index in [0.717, 1.165) is 0 Å². The Morgan fingerprint density at radius 2 is 2.20 bits per heavy atom. The minimum atomic E-state index is 1.23. The predicted octanol–water partition coefficient (Wildman–Crippen LogP) is 0.795. The molecule has 0 bridgehead atoms. The molecule has 0 amide bonds. The van der Waals surface area contributed by atoms with Gasteiger partial charge in [-0.15, -0.1) is 0 Å². The van der Waals surface area contributed by atoms with E-state index in [2.05, 4.69) is 16.0 Å². The van der Waals surface area contributed by atoms with Crippen molar-refractivity contribution in [2.75, 3.05) is 13.1 Å². The van der Waals surface area contributed by atoms with Crippen LogP contribution in [0.2, 0.25) is 0 Å². The van der Waals surface area contributed by atoms with E-state index < -0.39 is 0 Å². The van der Waals surface area contributed by atoms with Gasteiger partial charge in [-0.2, -0.15) is 0 Å². The highest BCUT2D eigenvalue weighted by Gasteiger charge is 2.14. The quantitative estimate of drug-likeness (QED) is 0.228. The summed E-state index contributed by atoms with van der Waals surface area (Å²) in [6.07, 6.45) is 0. The lowest BCUT2D eigenvalue weighted by molar-refractivity contribution is 0.967. The molecule has 0 aromatic heterocycles. The molecule has 0 N–H and O–H groups in total. The predicted molar refractivity (Wildman–Crippen MR) is 28.1 cm³/mol. The van der Waals surface area contributed by atoms with Crippen LogP contribution < -0.4 is 0 Å². The third kappa shape index (κ3) is 1.03. The van der Waals surface area contributed by atoms with Crippen LogP contribution in [0.3, 0.4) is 0 Å². The molecule has 0 radical (unpaired) electrons. The Labute approximate surface area is 40.7 Å². The lowest BCUT2D eigenvalue weighted by Crippen LogP contribution is -1.66. The molecule has 5 heavy (non-hydrogen) atoms. The summed E-state index contributed by atoms with van der Waals surface area (Å²) < 4.78 is 2.16. The van der Waals surface area contributed by atoms with Crippen molar-refractivity contribution in [3.63, 3.8) is 0 Å².